The van der Waals surface area contributed by atoms with Crippen molar-refractivity contribution in [2.24, 2.45) is 0 Å². The zero-order valence-electron chi connectivity index (χ0n) is 32.6. The molecule has 0 aliphatic carbocycles. The Hall–Kier alpha value is -5.48. The average Bonchev–Trinajstić information content (AvgIpc) is 3.74. The van der Waals surface area contributed by atoms with E-state index >= 15 is 0 Å². The minimum absolute atomic E-state index is 0.172. The fourth-order valence-electron chi connectivity index (χ4n) is 11.0. The van der Waals surface area contributed by atoms with Crippen LogP contribution in [-0.4, -0.2) is 4.57 Å². The first-order chi connectivity index (χ1) is 26.2. The van der Waals surface area contributed by atoms with Crippen molar-refractivity contribution in [1.29, 1.82) is 0 Å². The summed E-state index contributed by atoms with van der Waals surface area (Å²) in [6.45, 7) is 17.4. The minimum atomic E-state index is -0.232. The molecule has 0 saturated heterocycles. The second-order valence-corrected chi connectivity index (χ2v) is 16.4. The molecule has 2 aliphatic rings. The van der Waals surface area contributed by atoms with E-state index in [0.29, 0.717) is 0 Å². The van der Waals surface area contributed by atoms with E-state index in [1.165, 1.54) is 83.5 Å². The molecule has 0 spiro atoms. The first kappa shape index (κ1) is 33.1. The number of furan rings is 1. The second kappa shape index (κ2) is 11.8. The highest BCUT2D eigenvalue weighted by atomic mass is 16.3. The lowest BCUT2D eigenvalue weighted by Crippen LogP contribution is -2.68. The summed E-state index contributed by atoms with van der Waals surface area (Å²) in [5.74, 6) is 1.56. The summed E-state index contributed by atoms with van der Waals surface area (Å²) in [5.41, 5.74) is 17.4. The fourth-order valence-corrected chi connectivity index (χ4v) is 11.0. The van der Waals surface area contributed by atoms with E-state index in [1.807, 2.05) is 0 Å². The van der Waals surface area contributed by atoms with E-state index in [9.17, 15) is 0 Å². The van der Waals surface area contributed by atoms with Crippen LogP contribution in [0.15, 0.2) is 120 Å². The van der Waals surface area contributed by atoms with Crippen molar-refractivity contribution in [3.8, 4) is 28.3 Å². The number of pyridine rings is 1. The zero-order chi connectivity index (χ0) is 37.1. The largest absolute Gasteiger partial charge is 0.455 e. The third-order valence-corrected chi connectivity index (χ3v) is 13.9. The smallest absolute Gasteiger partial charge is 0.295 e. The van der Waals surface area contributed by atoms with Crippen molar-refractivity contribution in [2.75, 3.05) is 0 Å². The summed E-state index contributed by atoms with van der Waals surface area (Å²) in [6, 6.07) is 40.9. The van der Waals surface area contributed by atoms with Crippen molar-refractivity contribution in [3.63, 3.8) is 0 Å². The molecule has 5 aromatic carbocycles. The normalized spacial score (nSPS) is 20.2. The highest BCUT2D eigenvalue weighted by molar-refractivity contribution is 6.10. The van der Waals surface area contributed by atoms with Gasteiger partial charge in [-0.2, -0.15) is 9.13 Å². The fraction of sp³-hybridized carbons (Fsp3) is 0.280. The molecule has 8 aromatic rings. The van der Waals surface area contributed by atoms with Gasteiger partial charge in [0.15, 0.2) is 23.8 Å². The molecule has 0 amide bonds. The first-order valence-corrected chi connectivity index (χ1v) is 19.9. The molecule has 3 aromatic heterocycles. The number of aromatic nitrogens is 3. The number of fused-ring (bicyclic) bond motifs is 12. The quantitative estimate of drug-likeness (QED) is 0.164. The number of aryl methyl sites for hydroxylation is 4. The molecule has 0 fully saturated rings. The first-order valence-electron chi connectivity index (χ1n) is 19.9. The number of para-hydroxylation sites is 4. The maximum absolute atomic E-state index is 6.82. The van der Waals surface area contributed by atoms with Crippen LogP contribution in [0.1, 0.15) is 79.3 Å². The van der Waals surface area contributed by atoms with E-state index in [1.54, 1.807) is 0 Å². The van der Waals surface area contributed by atoms with Gasteiger partial charge in [0.05, 0.1) is 11.1 Å². The zero-order valence-corrected chi connectivity index (χ0v) is 32.6. The molecule has 0 N–H and O–H groups in total. The number of rotatable bonds is 5. The van der Waals surface area contributed by atoms with Crippen molar-refractivity contribution < 1.29 is 13.6 Å². The molecule has 10 rings (SSSR count). The monoisotopic (exact) mass is 707 g/mol. The van der Waals surface area contributed by atoms with Crippen LogP contribution in [0.2, 0.25) is 0 Å². The molecule has 0 saturated carbocycles. The van der Waals surface area contributed by atoms with Crippen LogP contribution >= 0.6 is 0 Å². The minimum Gasteiger partial charge on any atom is -0.455 e. The number of imidazole rings is 1. The Kier molecular flexibility index (Phi) is 7.21. The Bertz CT molecular complexity index is 2820. The molecule has 4 heteroatoms. The standard InChI is InChI=1S/C50H49N3O/c1-8-49(7)50(9-2,40-21-12-10-20-39(40)48-52(46-31(3)17-16-18-32(46)4)41-22-13-14-23-42(41)53(48)49)28-35-30-51-29-34(6)33(5)27-43(51)45-36(35)25-26-38-37-19-11-15-24-44(37)54-47(38)45/h10-27,29,35H,8-9,28,30H2,1-7H3/q+2. The number of hydrogen-bond donors (Lipinski definition) is 0. The summed E-state index contributed by atoms with van der Waals surface area (Å²) in [5, 5.41) is 2.38. The molecule has 268 valence electrons. The van der Waals surface area contributed by atoms with E-state index in [0.717, 1.165) is 37.0 Å². The van der Waals surface area contributed by atoms with Gasteiger partial charge in [0.2, 0.25) is 5.69 Å². The van der Waals surface area contributed by atoms with Gasteiger partial charge in [-0.15, -0.1) is 0 Å². The van der Waals surface area contributed by atoms with Gasteiger partial charge in [-0.05, 0) is 106 Å². The molecule has 5 heterocycles. The molecule has 4 nitrogen and oxygen atoms in total. The van der Waals surface area contributed by atoms with Crippen LogP contribution in [0.25, 0.3) is 61.3 Å². The van der Waals surface area contributed by atoms with Gasteiger partial charge in [-0.3, -0.25) is 0 Å². The summed E-state index contributed by atoms with van der Waals surface area (Å²) in [6.07, 6.45) is 5.42. The maximum atomic E-state index is 6.82. The molecule has 2 aliphatic heterocycles. The van der Waals surface area contributed by atoms with Gasteiger partial charge in [0.1, 0.15) is 22.4 Å². The highest BCUT2D eigenvalue weighted by Gasteiger charge is 2.60. The molecule has 3 atom stereocenters. The number of hydrogen-bond acceptors (Lipinski definition) is 1. The maximum Gasteiger partial charge on any atom is 0.295 e. The van der Waals surface area contributed by atoms with Crippen molar-refractivity contribution in [1.82, 2.24) is 4.57 Å². The highest BCUT2D eigenvalue weighted by Crippen LogP contribution is 2.57. The van der Waals surface area contributed by atoms with E-state index < -0.39 is 0 Å². The van der Waals surface area contributed by atoms with Gasteiger partial charge in [-0.1, -0.05) is 92.7 Å². The number of nitrogens with zero attached hydrogens (tertiary/aromatic N) is 3. The SMILES string of the molecule is CCC1(CC2C[n+]3cc(C)c(C)cc3-c3c2ccc2c3oc3ccccc32)c2ccccc2-c2n(-c3c(C)cccc3C)c3ccccc3[n+]2C1(C)CC. The predicted octanol–water partition coefficient (Wildman–Crippen LogP) is 11.6. The van der Waals surface area contributed by atoms with Crippen LogP contribution < -0.4 is 9.13 Å². The molecule has 3 unspecified atom stereocenters. The van der Waals surface area contributed by atoms with Gasteiger partial charge >= 0.3 is 0 Å². The van der Waals surface area contributed by atoms with Crippen molar-refractivity contribution in [2.45, 2.75) is 91.1 Å². The Balaban J connectivity index is 1.25. The summed E-state index contributed by atoms with van der Waals surface area (Å²) >= 11 is 0. The van der Waals surface area contributed by atoms with Crippen molar-refractivity contribution >= 4 is 33.0 Å². The Morgan fingerprint density at radius 2 is 1.48 bits per heavy atom. The molecule has 0 bridgehead atoms. The van der Waals surface area contributed by atoms with E-state index in [2.05, 4.69) is 178 Å². The predicted molar refractivity (Wildman–Crippen MR) is 220 cm³/mol. The summed E-state index contributed by atoms with van der Waals surface area (Å²) in [7, 11) is 0. The van der Waals surface area contributed by atoms with Gasteiger partial charge < -0.3 is 4.42 Å². The van der Waals surface area contributed by atoms with Crippen LogP contribution in [0.4, 0.5) is 0 Å². The van der Waals surface area contributed by atoms with Gasteiger partial charge in [0.25, 0.3) is 5.82 Å². The average molecular weight is 708 g/mol. The van der Waals surface area contributed by atoms with Gasteiger partial charge in [-0.25, -0.2) is 4.57 Å². The Labute approximate surface area is 318 Å². The molecular formula is C50H49N3O+2. The second-order valence-electron chi connectivity index (χ2n) is 16.4. The van der Waals surface area contributed by atoms with Crippen LogP contribution in [0.3, 0.4) is 0 Å². The third kappa shape index (κ3) is 4.25. The van der Waals surface area contributed by atoms with E-state index in [-0.39, 0.29) is 16.9 Å². The molecular weight excluding hydrogens is 659 g/mol. The van der Waals surface area contributed by atoms with Crippen molar-refractivity contribution in [3.05, 3.63) is 149 Å². The van der Waals surface area contributed by atoms with Crippen LogP contribution in [0.5, 0.6) is 0 Å². The molecule has 0 radical (unpaired) electrons. The lowest BCUT2D eigenvalue weighted by atomic mass is 9.56. The Morgan fingerprint density at radius 1 is 0.741 bits per heavy atom. The summed E-state index contributed by atoms with van der Waals surface area (Å²) < 4.78 is 14.7. The Morgan fingerprint density at radius 3 is 2.28 bits per heavy atom. The summed E-state index contributed by atoms with van der Waals surface area (Å²) in [4.78, 5) is 0. The van der Waals surface area contributed by atoms with Gasteiger partial charge in [0, 0.05) is 33.7 Å². The topological polar surface area (TPSA) is 25.8 Å². The lowest BCUT2D eigenvalue weighted by molar-refractivity contribution is -0.744. The van der Waals surface area contributed by atoms with Crippen LogP contribution in [0, 0.1) is 27.7 Å². The molecule has 54 heavy (non-hydrogen) atoms. The third-order valence-electron chi connectivity index (χ3n) is 13.9. The van der Waals surface area contributed by atoms with E-state index in [4.69, 9.17) is 4.42 Å². The van der Waals surface area contributed by atoms with Crippen LogP contribution in [-0.2, 0) is 17.5 Å². The lowest BCUT2D eigenvalue weighted by Gasteiger charge is -2.51. The number of benzene rings is 5.